The highest BCUT2D eigenvalue weighted by Crippen LogP contribution is 2.48. The number of hydrogen-bond donors (Lipinski definition) is 0. The Bertz CT molecular complexity index is 2490. The second-order valence-electron chi connectivity index (χ2n) is 11.7. The first-order chi connectivity index (χ1) is 22.8. The molecule has 1 aromatic heterocycles. The minimum absolute atomic E-state index is 0.0214. The molecule has 7 aromatic carbocycles. The van der Waals surface area contributed by atoms with Gasteiger partial charge in [-0.25, -0.2) is 0 Å². The van der Waals surface area contributed by atoms with Crippen LogP contribution in [0.5, 0.6) is 0 Å². The highest BCUT2D eigenvalue weighted by atomic mass is 16.1. The predicted molar refractivity (Wildman–Crippen MR) is 192 cm³/mol. The zero-order chi connectivity index (χ0) is 30.6. The van der Waals surface area contributed by atoms with Gasteiger partial charge in [0.05, 0.1) is 22.6 Å². The number of hydrogen-bond acceptors (Lipinski definition) is 2. The summed E-state index contributed by atoms with van der Waals surface area (Å²) in [5.41, 5.74) is 11.4. The SMILES string of the molecule is O=c1c2ccccc2c2cccc3c2n1-c1ccccc1-c1ccccc1N(c1ccc(-c2ccccc2)cc1)c1ccccc1-3. The van der Waals surface area contributed by atoms with Gasteiger partial charge in [-0.15, -0.1) is 0 Å². The Morgan fingerprint density at radius 1 is 0.348 bits per heavy atom. The Balaban J connectivity index is 1.44. The van der Waals surface area contributed by atoms with Gasteiger partial charge in [0.25, 0.3) is 5.56 Å². The molecule has 0 spiro atoms. The third kappa shape index (κ3) is 3.96. The quantitative estimate of drug-likeness (QED) is 0.188. The first-order valence-corrected chi connectivity index (χ1v) is 15.6. The van der Waals surface area contributed by atoms with Crippen LogP contribution in [0.2, 0.25) is 0 Å². The summed E-state index contributed by atoms with van der Waals surface area (Å²) < 4.78 is 1.94. The van der Waals surface area contributed by atoms with Crippen molar-refractivity contribution in [3.05, 3.63) is 180 Å². The van der Waals surface area contributed by atoms with Crippen molar-refractivity contribution in [1.82, 2.24) is 4.57 Å². The molecule has 216 valence electrons. The van der Waals surface area contributed by atoms with Crippen LogP contribution in [0, 0.1) is 0 Å². The van der Waals surface area contributed by atoms with E-state index in [1.54, 1.807) is 0 Å². The number of anilines is 3. The Morgan fingerprint density at radius 3 is 1.52 bits per heavy atom. The highest BCUT2D eigenvalue weighted by molar-refractivity contribution is 6.12. The van der Waals surface area contributed by atoms with Gasteiger partial charge in [0.15, 0.2) is 0 Å². The molecule has 1 aliphatic rings. The topological polar surface area (TPSA) is 25.2 Å². The molecule has 8 aromatic rings. The molecule has 0 amide bonds. The molecular weight excluding hydrogens is 560 g/mol. The number of nitrogens with zero attached hydrogens (tertiary/aromatic N) is 2. The largest absolute Gasteiger partial charge is 0.309 e. The van der Waals surface area contributed by atoms with Gasteiger partial charge in [-0.3, -0.25) is 9.36 Å². The molecule has 0 unspecified atom stereocenters. The third-order valence-corrected chi connectivity index (χ3v) is 9.16. The van der Waals surface area contributed by atoms with Crippen molar-refractivity contribution in [1.29, 1.82) is 0 Å². The zero-order valence-corrected chi connectivity index (χ0v) is 25.0. The van der Waals surface area contributed by atoms with Gasteiger partial charge in [-0.2, -0.15) is 0 Å². The lowest BCUT2D eigenvalue weighted by atomic mass is 9.93. The van der Waals surface area contributed by atoms with Crippen molar-refractivity contribution in [3.63, 3.8) is 0 Å². The van der Waals surface area contributed by atoms with Crippen LogP contribution in [0.15, 0.2) is 175 Å². The van der Waals surface area contributed by atoms with Gasteiger partial charge in [-0.1, -0.05) is 133 Å². The van der Waals surface area contributed by atoms with Gasteiger partial charge in [0.1, 0.15) is 0 Å². The summed E-state index contributed by atoms with van der Waals surface area (Å²) in [5, 5.41) is 2.71. The fraction of sp³-hybridized carbons (Fsp3) is 0. The van der Waals surface area contributed by atoms with E-state index in [2.05, 4.69) is 144 Å². The molecule has 2 heterocycles. The van der Waals surface area contributed by atoms with Crippen LogP contribution in [-0.4, -0.2) is 4.57 Å². The summed E-state index contributed by atoms with van der Waals surface area (Å²) in [6.07, 6.45) is 0. The molecule has 0 saturated heterocycles. The lowest BCUT2D eigenvalue weighted by Gasteiger charge is -2.32. The van der Waals surface area contributed by atoms with E-state index in [1.165, 1.54) is 11.1 Å². The van der Waals surface area contributed by atoms with Crippen LogP contribution in [0.1, 0.15) is 0 Å². The minimum Gasteiger partial charge on any atom is -0.309 e. The number of pyridine rings is 1. The van der Waals surface area contributed by atoms with Crippen molar-refractivity contribution >= 4 is 38.7 Å². The van der Waals surface area contributed by atoms with Gasteiger partial charge >= 0.3 is 0 Å². The van der Waals surface area contributed by atoms with Crippen molar-refractivity contribution in [2.45, 2.75) is 0 Å². The monoisotopic (exact) mass is 588 g/mol. The summed E-state index contributed by atoms with van der Waals surface area (Å²) in [6.45, 7) is 0. The molecule has 9 rings (SSSR count). The fourth-order valence-electron chi connectivity index (χ4n) is 7.11. The number of fused-ring (bicyclic) bond motifs is 8. The van der Waals surface area contributed by atoms with Gasteiger partial charge in [0.2, 0.25) is 0 Å². The average molecular weight is 589 g/mol. The first-order valence-electron chi connectivity index (χ1n) is 15.6. The Kier molecular flexibility index (Phi) is 5.97. The Labute approximate surface area is 266 Å². The molecule has 3 nitrogen and oxygen atoms in total. The lowest BCUT2D eigenvalue weighted by molar-refractivity contribution is 1.06. The Morgan fingerprint density at radius 2 is 0.826 bits per heavy atom. The Hall–Kier alpha value is -6.19. The maximum absolute atomic E-state index is 14.6. The molecule has 0 aliphatic carbocycles. The number of rotatable bonds is 2. The van der Waals surface area contributed by atoms with Gasteiger partial charge in [0, 0.05) is 38.7 Å². The maximum atomic E-state index is 14.6. The third-order valence-electron chi connectivity index (χ3n) is 9.16. The normalized spacial score (nSPS) is 12.0. The smallest absolute Gasteiger partial charge is 0.263 e. The van der Waals surface area contributed by atoms with E-state index in [0.717, 1.165) is 61.3 Å². The van der Waals surface area contributed by atoms with E-state index in [-0.39, 0.29) is 5.56 Å². The van der Waals surface area contributed by atoms with Crippen LogP contribution in [0.25, 0.3) is 60.7 Å². The summed E-state index contributed by atoms with van der Waals surface area (Å²) in [5.74, 6) is 0. The standard InChI is InChI=1S/C43H28N2O/c46-43-38-19-5-4-15-32(38)36-20-12-21-37-35-18-8-10-23-40(35)44(31-27-25-30(26-28-31)29-13-2-1-3-14-29)39-22-9-6-16-33(39)34-17-7-11-24-41(34)45(43)42(36)37/h1-28H. The van der Waals surface area contributed by atoms with E-state index >= 15 is 0 Å². The summed E-state index contributed by atoms with van der Waals surface area (Å²) in [7, 11) is 0. The van der Waals surface area contributed by atoms with Crippen LogP contribution < -0.4 is 10.5 Å². The van der Waals surface area contributed by atoms with Crippen molar-refractivity contribution in [3.8, 4) is 39.1 Å². The van der Waals surface area contributed by atoms with E-state index in [0.29, 0.717) is 5.39 Å². The number of para-hydroxylation sites is 4. The summed E-state index contributed by atoms with van der Waals surface area (Å²) in [4.78, 5) is 17.0. The molecule has 0 radical (unpaired) electrons. The van der Waals surface area contributed by atoms with Crippen LogP contribution in [-0.2, 0) is 0 Å². The van der Waals surface area contributed by atoms with E-state index in [4.69, 9.17) is 0 Å². The molecule has 0 atom stereocenters. The molecule has 0 N–H and O–H groups in total. The van der Waals surface area contributed by atoms with Gasteiger partial charge in [-0.05, 0) is 52.9 Å². The van der Waals surface area contributed by atoms with E-state index < -0.39 is 0 Å². The minimum atomic E-state index is -0.0214. The summed E-state index contributed by atoms with van der Waals surface area (Å²) >= 11 is 0. The second-order valence-corrected chi connectivity index (χ2v) is 11.7. The summed E-state index contributed by atoms with van der Waals surface area (Å²) in [6, 6.07) is 59.0. The molecule has 46 heavy (non-hydrogen) atoms. The average Bonchev–Trinajstić information content (AvgIpc) is 3.13. The number of benzene rings is 7. The van der Waals surface area contributed by atoms with Crippen molar-refractivity contribution < 1.29 is 0 Å². The lowest BCUT2D eigenvalue weighted by Crippen LogP contribution is -2.21. The first kappa shape index (κ1) is 26.2. The van der Waals surface area contributed by atoms with Crippen LogP contribution >= 0.6 is 0 Å². The predicted octanol–water partition coefficient (Wildman–Crippen LogP) is 10.9. The van der Waals surface area contributed by atoms with Gasteiger partial charge < -0.3 is 4.90 Å². The van der Waals surface area contributed by atoms with Crippen LogP contribution in [0.3, 0.4) is 0 Å². The highest BCUT2D eigenvalue weighted by Gasteiger charge is 2.26. The van der Waals surface area contributed by atoms with Crippen molar-refractivity contribution in [2.24, 2.45) is 0 Å². The zero-order valence-electron chi connectivity index (χ0n) is 25.0. The molecule has 0 fully saturated rings. The second kappa shape index (κ2) is 10.5. The molecule has 1 aliphatic heterocycles. The molecule has 0 saturated carbocycles. The van der Waals surface area contributed by atoms with E-state index in [1.807, 2.05) is 34.9 Å². The van der Waals surface area contributed by atoms with E-state index in [9.17, 15) is 4.79 Å². The number of aromatic nitrogens is 1. The van der Waals surface area contributed by atoms with Crippen LogP contribution in [0.4, 0.5) is 17.1 Å². The van der Waals surface area contributed by atoms with Crippen molar-refractivity contribution in [2.75, 3.05) is 4.90 Å². The molecular formula is C43H28N2O. The molecule has 3 heteroatoms. The fourth-order valence-corrected chi connectivity index (χ4v) is 7.11. The molecule has 0 bridgehead atoms. The maximum Gasteiger partial charge on any atom is 0.263 e.